The fourth-order valence-electron chi connectivity index (χ4n) is 2.81. The second kappa shape index (κ2) is 13.7. The maximum absolute atomic E-state index is 12.2. The fourth-order valence-corrected chi connectivity index (χ4v) is 3.76. The largest absolute Gasteiger partial charge is 0.352 e. The van der Waals surface area contributed by atoms with Gasteiger partial charge in [0.05, 0.1) is 0 Å². The summed E-state index contributed by atoms with van der Waals surface area (Å²) in [5.74, 6) is 2.32. The van der Waals surface area contributed by atoms with E-state index >= 15 is 0 Å². The molecule has 0 aromatic heterocycles. The monoisotopic (exact) mass is 407 g/mol. The maximum atomic E-state index is 12.2. The minimum absolute atomic E-state index is 0. The van der Waals surface area contributed by atoms with Gasteiger partial charge in [0.2, 0.25) is 5.91 Å². The summed E-state index contributed by atoms with van der Waals surface area (Å²) >= 11 is 1.93. The number of nitrogens with zero attached hydrogens (tertiary/aromatic N) is 1. The van der Waals surface area contributed by atoms with Crippen molar-refractivity contribution in [3.63, 3.8) is 0 Å². The molecule has 1 atom stereocenters. The average Bonchev–Trinajstić information content (AvgIpc) is 2.59. The maximum Gasteiger partial charge on any atom is 0.221 e. The Bertz CT molecular complexity index is 495. The lowest BCUT2D eigenvalue weighted by Crippen LogP contribution is -2.41. The Kier molecular flexibility index (Phi) is 13.5. The number of carbonyl (C=O) groups is 1. The second-order valence-electron chi connectivity index (χ2n) is 5.94. The number of rotatable bonds is 8. The highest BCUT2D eigenvalue weighted by atomic mass is 35.5. The molecule has 0 saturated carbocycles. The van der Waals surface area contributed by atoms with Crippen LogP contribution in [0.2, 0.25) is 0 Å². The van der Waals surface area contributed by atoms with Crippen molar-refractivity contribution >= 4 is 42.5 Å². The summed E-state index contributed by atoms with van der Waals surface area (Å²) in [4.78, 5) is 14.6. The third kappa shape index (κ3) is 8.65. The molecule has 7 heteroatoms. The Labute approximate surface area is 168 Å². The molecule has 2 rings (SSSR count). The van der Waals surface area contributed by atoms with Gasteiger partial charge in [0.15, 0.2) is 0 Å². The van der Waals surface area contributed by atoms with Crippen LogP contribution in [0.1, 0.15) is 31.4 Å². The lowest BCUT2D eigenvalue weighted by molar-refractivity contribution is -0.121. The van der Waals surface area contributed by atoms with Crippen molar-refractivity contribution in [1.82, 2.24) is 15.5 Å². The first-order chi connectivity index (χ1) is 11.2. The van der Waals surface area contributed by atoms with Gasteiger partial charge in [-0.05, 0) is 24.2 Å². The normalized spacial score (nSPS) is 16.7. The molecular weight excluding hydrogens is 377 g/mol. The van der Waals surface area contributed by atoms with Crippen LogP contribution < -0.4 is 10.6 Å². The minimum Gasteiger partial charge on any atom is -0.352 e. The topological polar surface area (TPSA) is 44.4 Å². The molecule has 0 spiro atoms. The number of hydrogen-bond acceptors (Lipinski definition) is 4. The molecule has 144 valence electrons. The standard InChI is InChI=1S/C18H29N3OS.2ClH/c1-3-21(4-2)13-16-8-6-5-7-15(16)12-20-18(22)11-17-14-23-10-9-19-17;;/h5-8,17,19H,3-4,9-14H2,1-2H3,(H,20,22);2*1H. The van der Waals surface area contributed by atoms with E-state index in [1.165, 1.54) is 11.1 Å². The highest BCUT2D eigenvalue weighted by Crippen LogP contribution is 2.13. The fraction of sp³-hybridized carbons (Fsp3) is 0.611. The number of halogens is 2. The first-order valence-corrected chi connectivity index (χ1v) is 9.75. The van der Waals surface area contributed by atoms with E-state index in [1.807, 2.05) is 17.8 Å². The molecule has 1 aromatic rings. The second-order valence-corrected chi connectivity index (χ2v) is 7.09. The first kappa shape index (κ1) is 24.5. The van der Waals surface area contributed by atoms with Crippen molar-refractivity contribution in [2.75, 3.05) is 31.1 Å². The Morgan fingerprint density at radius 3 is 2.52 bits per heavy atom. The van der Waals surface area contributed by atoms with E-state index in [1.54, 1.807) is 0 Å². The van der Waals surface area contributed by atoms with Gasteiger partial charge in [0.1, 0.15) is 0 Å². The molecule has 0 radical (unpaired) electrons. The molecule has 1 aliphatic heterocycles. The molecule has 1 aliphatic rings. The van der Waals surface area contributed by atoms with Gasteiger partial charge in [-0.1, -0.05) is 38.1 Å². The summed E-state index contributed by atoms with van der Waals surface area (Å²) in [6, 6.07) is 8.73. The summed E-state index contributed by atoms with van der Waals surface area (Å²) in [6.45, 7) is 9.03. The third-order valence-electron chi connectivity index (χ3n) is 4.31. The van der Waals surface area contributed by atoms with Gasteiger partial charge < -0.3 is 10.6 Å². The summed E-state index contributed by atoms with van der Waals surface area (Å²) < 4.78 is 0. The predicted octanol–water partition coefficient (Wildman–Crippen LogP) is 3.08. The Balaban J connectivity index is 0.00000288. The Hall–Kier alpha value is -0.460. The minimum atomic E-state index is 0. The van der Waals surface area contributed by atoms with Crippen LogP contribution >= 0.6 is 36.6 Å². The lowest BCUT2D eigenvalue weighted by Gasteiger charge is -2.23. The van der Waals surface area contributed by atoms with Crippen molar-refractivity contribution in [2.45, 2.75) is 39.4 Å². The first-order valence-electron chi connectivity index (χ1n) is 8.59. The molecule has 0 bridgehead atoms. The highest BCUT2D eigenvalue weighted by molar-refractivity contribution is 7.99. The van der Waals surface area contributed by atoms with Crippen LogP contribution in [0.4, 0.5) is 0 Å². The molecule has 1 amide bonds. The van der Waals surface area contributed by atoms with Crippen molar-refractivity contribution in [2.24, 2.45) is 0 Å². The summed E-state index contributed by atoms with van der Waals surface area (Å²) in [5.41, 5.74) is 2.53. The molecule has 4 nitrogen and oxygen atoms in total. The number of nitrogens with one attached hydrogen (secondary N) is 2. The van der Waals surface area contributed by atoms with Crippen molar-refractivity contribution in [1.29, 1.82) is 0 Å². The van der Waals surface area contributed by atoms with E-state index < -0.39 is 0 Å². The number of amides is 1. The van der Waals surface area contributed by atoms with Gasteiger partial charge in [0.25, 0.3) is 0 Å². The van der Waals surface area contributed by atoms with E-state index in [0.29, 0.717) is 19.0 Å². The SMILES string of the molecule is CCN(CC)Cc1ccccc1CNC(=O)CC1CSCCN1.Cl.Cl. The van der Waals surface area contributed by atoms with Gasteiger partial charge in [-0.3, -0.25) is 9.69 Å². The van der Waals surface area contributed by atoms with Crippen molar-refractivity contribution in [3.05, 3.63) is 35.4 Å². The van der Waals surface area contributed by atoms with Crippen molar-refractivity contribution < 1.29 is 4.79 Å². The summed E-state index contributed by atoms with van der Waals surface area (Å²) in [6.07, 6.45) is 0.575. The van der Waals surface area contributed by atoms with Gasteiger partial charge in [0, 0.05) is 43.6 Å². The lowest BCUT2D eigenvalue weighted by atomic mass is 10.1. The van der Waals surface area contributed by atoms with Crippen LogP contribution in [0.5, 0.6) is 0 Å². The van der Waals surface area contributed by atoms with Crippen LogP contribution in [0.25, 0.3) is 0 Å². The Morgan fingerprint density at radius 2 is 1.92 bits per heavy atom. The average molecular weight is 408 g/mol. The molecule has 1 unspecified atom stereocenters. The van der Waals surface area contributed by atoms with Gasteiger partial charge in [-0.25, -0.2) is 0 Å². The zero-order valence-electron chi connectivity index (χ0n) is 15.1. The molecule has 2 N–H and O–H groups in total. The molecular formula is C18H31Cl2N3OS. The van der Waals surface area contributed by atoms with Crippen molar-refractivity contribution in [3.8, 4) is 0 Å². The molecule has 0 aliphatic carbocycles. The summed E-state index contributed by atoms with van der Waals surface area (Å²) in [7, 11) is 0. The van der Waals surface area contributed by atoms with E-state index in [9.17, 15) is 4.79 Å². The van der Waals surface area contributed by atoms with E-state index in [0.717, 1.165) is 37.7 Å². The Morgan fingerprint density at radius 1 is 1.24 bits per heavy atom. The van der Waals surface area contributed by atoms with Crippen LogP contribution in [-0.4, -0.2) is 48.0 Å². The predicted molar refractivity (Wildman–Crippen MR) is 113 cm³/mol. The number of hydrogen-bond donors (Lipinski definition) is 2. The molecule has 1 aromatic carbocycles. The zero-order valence-corrected chi connectivity index (χ0v) is 17.6. The smallest absolute Gasteiger partial charge is 0.221 e. The zero-order chi connectivity index (χ0) is 16.5. The molecule has 1 fully saturated rings. The van der Waals surface area contributed by atoms with E-state index in [-0.39, 0.29) is 30.7 Å². The van der Waals surface area contributed by atoms with Gasteiger partial charge in [-0.2, -0.15) is 11.8 Å². The molecule has 1 heterocycles. The number of carbonyl (C=O) groups excluding carboxylic acids is 1. The quantitative estimate of drug-likeness (QED) is 0.694. The molecule has 1 saturated heterocycles. The van der Waals surface area contributed by atoms with Crippen LogP contribution in [0.15, 0.2) is 24.3 Å². The van der Waals surface area contributed by atoms with E-state index in [4.69, 9.17) is 0 Å². The molecule has 25 heavy (non-hydrogen) atoms. The van der Waals surface area contributed by atoms with Gasteiger partial charge >= 0.3 is 0 Å². The highest BCUT2D eigenvalue weighted by Gasteiger charge is 2.16. The van der Waals surface area contributed by atoms with Crippen LogP contribution in [-0.2, 0) is 17.9 Å². The third-order valence-corrected chi connectivity index (χ3v) is 5.44. The van der Waals surface area contributed by atoms with E-state index in [2.05, 4.69) is 47.6 Å². The number of benzene rings is 1. The van der Waals surface area contributed by atoms with Crippen LogP contribution in [0, 0.1) is 0 Å². The van der Waals surface area contributed by atoms with Crippen LogP contribution in [0.3, 0.4) is 0 Å². The van der Waals surface area contributed by atoms with Gasteiger partial charge in [-0.15, -0.1) is 24.8 Å². The summed E-state index contributed by atoms with van der Waals surface area (Å²) in [5, 5.41) is 6.50. The number of thioether (sulfide) groups is 1.